The molecule has 3 heteroatoms. The van der Waals surface area contributed by atoms with Crippen LogP contribution in [0.5, 0.6) is 5.75 Å². The van der Waals surface area contributed by atoms with Crippen LogP contribution in [0.15, 0.2) is 24.3 Å². The molecule has 1 fully saturated rings. The van der Waals surface area contributed by atoms with Gasteiger partial charge in [-0.25, -0.2) is 0 Å². The normalized spacial score (nSPS) is 18.2. The summed E-state index contributed by atoms with van der Waals surface area (Å²) in [5, 5.41) is 0. The van der Waals surface area contributed by atoms with Crippen LogP contribution in [0, 0.1) is 11.8 Å². The molecular formula is C17H25IO2. The van der Waals surface area contributed by atoms with Gasteiger partial charge in [0, 0.05) is 0 Å². The van der Waals surface area contributed by atoms with Crippen molar-refractivity contribution in [2.24, 2.45) is 11.8 Å². The van der Waals surface area contributed by atoms with E-state index < -0.39 is 0 Å². The summed E-state index contributed by atoms with van der Waals surface area (Å²) in [4.78, 5) is 0. The lowest BCUT2D eigenvalue weighted by Crippen LogP contribution is -2.15. The lowest BCUT2D eigenvalue weighted by Gasteiger charge is -2.22. The molecule has 20 heavy (non-hydrogen) atoms. The van der Waals surface area contributed by atoms with Crippen LogP contribution in [0.4, 0.5) is 0 Å². The maximum atomic E-state index is 6.00. The fraction of sp³-hybridized carbons (Fsp3) is 0.647. The third-order valence-electron chi connectivity index (χ3n) is 4.10. The van der Waals surface area contributed by atoms with Crippen LogP contribution in [-0.2, 0) is 3.07 Å². The summed E-state index contributed by atoms with van der Waals surface area (Å²) in [6, 6.07) is 8.37. The summed E-state index contributed by atoms with van der Waals surface area (Å²) in [5.41, 5.74) is 1.20. The van der Waals surface area contributed by atoms with Crippen LogP contribution in [-0.4, -0.2) is 6.61 Å². The maximum Gasteiger partial charge on any atom is 0.119 e. The molecule has 1 atom stereocenters. The Morgan fingerprint density at radius 1 is 1.20 bits per heavy atom. The smallest absolute Gasteiger partial charge is 0.119 e. The molecule has 0 aliphatic heterocycles. The van der Waals surface area contributed by atoms with E-state index in [1.165, 1.54) is 37.7 Å². The molecule has 0 aromatic heterocycles. The maximum absolute atomic E-state index is 6.00. The van der Waals surface area contributed by atoms with Gasteiger partial charge in [-0.1, -0.05) is 45.2 Å². The van der Waals surface area contributed by atoms with Crippen LogP contribution in [0.1, 0.15) is 57.6 Å². The largest absolute Gasteiger partial charge is 0.493 e. The number of halogens is 1. The fourth-order valence-corrected chi connectivity index (χ4v) is 3.77. The predicted octanol–water partition coefficient (Wildman–Crippen LogP) is 5.71. The Kier molecular flexibility index (Phi) is 6.62. The van der Waals surface area contributed by atoms with Gasteiger partial charge in [0.2, 0.25) is 0 Å². The van der Waals surface area contributed by atoms with Crippen LogP contribution in [0.2, 0.25) is 0 Å². The third kappa shape index (κ3) is 4.62. The number of ether oxygens (including phenoxy) is 1. The minimum atomic E-state index is 0.133. The second-order valence-electron chi connectivity index (χ2n) is 6.14. The van der Waals surface area contributed by atoms with Crippen molar-refractivity contribution in [3.8, 4) is 5.75 Å². The molecule has 0 N–H and O–H groups in total. The zero-order valence-corrected chi connectivity index (χ0v) is 14.6. The minimum Gasteiger partial charge on any atom is -0.493 e. The lowest BCUT2D eigenvalue weighted by molar-refractivity contribution is 0.204. The number of benzene rings is 1. The van der Waals surface area contributed by atoms with Crippen LogP contribution in [0.3, 0.4) is 0 Å². The van der Waals surface area contributed by atoms with E-state index in [2.05, 4.69) is 38.1 Å². The highest BCUT2D eigenvalue weighted by atomic mass is 127. The minimum absolute atomic E-state index is 0.133. The average Bonchev–Trinajstić information content (AvgIpc) is 2.47. The first-order valence-corrected chi connectivity index (χ1v) is 8.59. The number of hydrogen-bond donors (Lipinski definition) is 0. The molecule has 0 bridgehead atoms. The summed E-state index contributed by atoms with van der Waals surface area (Å²) in [5.74, 6) is 2.18. The quantitative estimate of drug-likeness (QED) is 0.582. The van der Waals surface area contributed by atoms with Crippen molar-refractivity contribution in [3.05, 3.63) is 29.8 Å². The Balaban J connectivity index is 1.94. The van der Waals surface area contributed by atoms with Gasteiger partial charge in [-0.05, 0) is 42.4 Å². The van der Waals surface area contributed by atoms with E-state index in [-0.39, 0.29) is 6.10 Å². The Morgan fingerprint density at radius 2 is 1.95 bits per heavy atom. The van der Waals surface area contributed by atoms with Crippen molar-refractivity contribution in [1.82, 2.24) is 0 Å². The van der Waals surface area contributed by atoms with Gasteiger partial charge >= 0.3 is 0 Å². The molecule has 1 aromatic rings. The molecule has 0 radical (unpaired) electrons. The molecule has 1 saturated carbocycles. The molecule has 0 amide bonds. The van der Waals surface area contributed by atoms with Crippen LogP contribution < -0.4 is 4.74 Å². The van der Waals surface area contributed by atoms with Crippen molar-refractivity contribution in [2.75, 3.05) is 6.61 Å². The van der Waals surface area contributed by atoms with Crippen molar-refractivity contribution in [3.63, 3.8) is 0 Å². The van der Waals surface area contributed by atoms with E-state index in [4.69, 9.17) is 7.80 Å². The summed E-state index contributed by atoms with van der Waals surface area (Å²) in [6.07, 6.45) is 6.91. The molecule has 112 valence electrons. The Bertz CT molecular complexity index is 400. The molecule has 0 spiro atoms. The van der Waals surface area contributed by atoms with E-state index in [1.54, 1.807) is 0 Å². The second-order valence-corrected chi connectivity index (χ2v) is 6.65. The van der Waals surface area contributed by atoms with Gasteiger partial charge in [-0.15, -0.1) is 0 Å². The van der Waals surface area contributed by atoms with Gasteiger partial charge in [-0.2, -0.15) is 0 Å². The predicted molar refractivity (Wildman–Crippen MR) is 91.2 cm³/mol. The van der Waals surface area contributed by atoms with Crippen LogP contribution in [0.25, 0.3) is 0 Å². The highest BCUT2D eigenvalue weighted by molar-refractivity contribution is 14.1. The zero-order valence-electron chi connectivity index (χ0n) is 12.5. The third-order valence-corrected chi connectivity index (χ3v) is 4.65. The molecular weight excluding hydrogens is 363 g/mol. The lowest BCUT2D eigenvalue weighted by atomic mass is 9.90. The van der Waals surface area contributed by atoms with Gasteiger partial charge in [0.1, 0.15) is 28.8 Å². The highest BCUT2D eigenvalue weighted by Crippen LogP contribution is 2.31. The first kappa shape index (κ1) is 16.1. The van der Waals surface area contributed by atoms with Crippen LogP contribution >= 0.6 is 23.0 Å². The second kappa shape index (κ2) is 8.23. The molecule has 2 nitrogen and oxygen atoms in total. The number of hydrogen-bond acceptors (Lipinski definition) is 2. The van der Waals surface area contributed by atoms with Gasteiger partial charge in [0.05, 0.1) is 12.7 Å². The van der Waals surface area contributed by atoms with E-state index >= 15 is 0 Å². The van der Waals surface area contributed by atoms with E-state index in [0.717, 1.165) is 18.3 Å². The standard InChI is InChI=1S/C17H25IO2/c1-13(2)17(20-18)15-9-6-10-16(11-15)19-12-14-7-4-3-5-8-14/h6,9-11,13-14,17H,3-5,7-8,12H2,1-2H3/t17-/m1/s1. The summed E-state index contributed by atoms with van der Waals surface area (Å²) < 4.78 is 11.6. The molecule has 1 aromatic carbocycles. The summed E-state index contributed by atoms with van der Waals surface area (Å²) in [6.45, 7) is 5.22. The molecule has 2 rings (SSSR count). The Labute approximate surface area is 136 Å². The van der Waals surface area contributed by atoms with Crippen molar-refractivity contribution in [2.45, 2.75) is 52.1 Å². The van der Waals surface area contributed by atoms with Gasteiger partial charge in [0.15, 0.2) is 0 Å². The number of rotatable bonds is 6. The van der Waals surface area contributed by atoms with Gasteiger partial charge < -0.3 is 7.80 Å². The first-order valence-electron chi connectivity index (χ1n) is 7.71. The zero-order chi connectivity index (χ0) is 14.4. The molecule has 0 unspecified atom stereocenters. The molecule has 1 aliphatic rings. The monoisotopic (exact) mass is 388 g/mol. The Morgan fingerprint density at radius 3 is 2.60 bits per heavy atom. The van der Waals surface area contributed by atoms with Gasteiger partial charge in [0.25, 0.3) is 0 Å². The van der Waals surface area contributed by atoms with Crippen molar-refractivity contribution < 1.29 is 7.80 Å². The Hall–Kier alpha value is -0.290. The van der Waals surface area contributed by atoms with E-state index in [1.807, 2.05) is 23.0 Å². The summed E-state index contributed by atoms with van der Waals surface area (Å²) >= 11 is 2.00. The van der Waals surface area contributed by atoms with Crippen molar-refractivity contribution in [1.29, 1.82) is 0 Å². The molecule has 1 aliphatic carbocycles. The topological polar surface area (TPSA) is 18.5 Å². The fourth-order valence-electron chi connectivity index (χ4n) is 2.89. The van der Waals surface area contributed by atoms with E-state index in [0.29, 0.717) is 5.92 Å². The van der Waals surface area contributed by atoms with E-state index in [9.17, 15) is 0 Å². The first-order chi connectivity index (χ1) is 9.70. The highest BCUT2D eigenvalue weighted by Gasteiger charge is 2.17. The molecule has 0 saturated heterocycles. The SMILES string of the molecule is CC(C)[C@@H](OI)c1cccc(OCC2CCCCC2)c1. The van der Waals surface area contributed by atoms with Crippen molar-refractivity contribution >= 4 is 23.0 Å². The average molecular weight is 388 g/mol. The van der Waals surface area contributed by atoms with Gasteiger partial charge in [-0.3, -0.25) is 0 Å². The summed E-state index contributed by atoms with van der Waals surface area (Å²) in [7, 11) is 0. The molecule has 0 heterocycles.